The van der Waals surface area contributed by atoms with Crippen molar-refractivity contribution in [3.05, 3.63) is 17.5 Å². The van der Waals surface area contributed by atoms with E-state index in [-0.39, 0.29) is 11.9 Å². The second-order valence-electron chi connectivity index (χ2n) is 4.74. The van der Waals surface area contributed by atoms with Crippen LogP contribution in [0.25, 0.3) is 0 Å². The fourth-order valence-corrected chi connectivity index (χ4v) is 2.19. The van der Waals surface area contributed by atoms with Crippen LogP contribution in [0.5, 0.6) is 0 Å². The molecule has 1 heterocycles. The molecule has 0 aliphatic heterocycles. The Bertz CT molecular complexity index is 410. The first kappa shape index (κ1) is 15.7. The minimum atomic E-state index is -0.162. The molecular formula is C14H26N4O. The molecule has 0 aliphatic carbocycles. The number of rotatable bonds is 7. The minimum Gasteiger partial charge on any atom is -0.342 e. The standard InChI is InChI=1S/C14H26N4O/c1-6-13-12(10-17(5)16-13)9-15-11(4)14(19)18(7-2)8-3/h10-11,15H,6-9H2,1-5H3. The molecule has 1 unspecified atom stereocenters. The Morgan fingerprint density at radius 3 is 2.58 bits per heavy atom. The zero-order chi connectivity index (χ0) is 14.4. The van der Waals surface area contributed by atoms with Crippen LogP contribution in [0.3, 0.4) is 0 Å². The highest BCUT2D eigenvalue weighted by Crippen LogP contribution is 2.07. The highest BCUT2D eigenvalue weighted by molar-refractivity contribution is 5.81. The molecule has 1 aromatic rings. The van der Waals surface area contributed by atoms with Crippen LogP contribution < -0.4 is 5.32 Å². The van der Waals surface area contributed by atoms with Crippen molar-refractivity contribution in [2.24, 2.45) is 7.05 Å². The third kappa shape index (κ3) is 4.06. The molecule has 0 bridgehead atoms. The average molecular weight is 266 g/mol. The minimum absolute atomic E-state index is 0.159. The first-order valence-electron chi connectivity index (χ1n) is 7.06. The molecule has 5 heteroatoms. The van der Waals surface area contributed by atoms with E-state index in [0.29, 0.717) is 6.54 Å². The number of likely N-dealkylation sites (N-methyl/N-ethyl adjacent to an activating group) is 1. The van der Waals surface area contributed by atoms with E-state index in [1.807, 2.05) is 43.6 Å². The van der Waals surface area contributed by atoms with E-state index in [1.54, 1.807) is 0 Å². The summed E-state index contributed by atoms with van der Waals surface area (Å²) < 4.78 is 1.83. The number of aromatic nitrogens is 2. The third-order valence-electron chi connectivity index (χ3n) is 3.37. The monoisotopic (exact) mass is 266 g/mol. The van der Waals surface area contributed by atoms with Gasteiger partial charge in [0.25, 0.3) is 0 Å². The lowest BCUT2D eigenvalue weighted by atomic mass is 10.2. The van der Waals surface area contributed by atoms with Gasteiger partial charge in [-0.05, 0) is 27.2 Å². The Morgan fingerprint density at radius 1 is 1.42 bits per heavy atom. The molecule has 1 rings (SSSR count). The van der Waals surface area contributed by atoms with Crippen LogP contribution in [0.2, 0.25) is 0 Å². The quantitative estimate of drug-likeness (QED) is 0.810. The molecular weight excluding hydrogens is 240 g/mol. The fraction of sp³-hybridized carbons (Fsp3) is 0.714. The summed E-state index contributed by atoms with van der Waals surface area (Å²) in [5, 5.41) is 7.69. The number of aryl methyl sites for hydroxylation is 2. The van der Waals surface area contributed by atoms with Gasteiger partial charge in [0.15, 0.2) is 0 Å². The van der Waals surface area contributed by atoms with E-state index in [9.17, 15) is 4.79 Å². The van der Waals surface area contributed by atoms with Crippen molar-refractivity contribution in [1.82, 2.24) is 20.0 Å². The molecule has 19 heavy (non-hydrogen) atoms. The van der Waals surface area contributed by atoms with Crippen LogP contribution in [-0.2, 0) is 24.8 Å². The molecule has 1 aromatic heterocycles. The highest BCUT2D eigenvalue weighted by Gasteiger charge is 2.18. The largest absolute Gasteiger partial charge is 0.342 e. The maximum absolute atomic E-state index is 12.1. The van der Waals surface area contributed by atoms with Crippen molar-refractivity contribution in [3.63, 3.8) is 0 Å². The first-order chi connectivity index (χ1) is 9.03. The number of nitrogens with one attached hydrogen (secondary N) is 1. The van der Waals surface area contributed by atoms with E-state index < -0.39 is 0 Å². The van der Waals surface area contributed by atoms with Gasteiger partial charge < -0.3 is 10.2 Å². The molecule has 0 radical (unpaired) electrons. The van der Waals surface area contributed by atoms with Gasteiger partial charge in [-0.15, -0.1) is 0 Å². The third-order valence-corrected chi connectivity index (χ3v) is 3.37. The van der Waals surface area contributed by atoms with Crippen LogP contribution in [0.4, 0.5) is 0 Å². The Balaban J connectivity index is 2.58. The van der Waals surface area contributed by atoms with Crippen molar-refractivity contribution in [2.75, 3.05) is 13.1 Å². The first-order valence-corrected chi connectivity index (χ1v) is 7.06. The van der Waals surface area contributed by atoms with Crippen LogP contribution >= 0.6 is 0 Å². The smallest absolute Gasteiger partial charge is 0.239 e. The van der Waals surface area contributed by atoms with E-state index >= 15 is 0 Å². The van der Waals surface area contributed by atoms with Crippen molar-refractivity contribution in [2.45, 2.75) is 46.7 Å². The molecule has 0 saturated heterocycles. The molecule has 5 nitrogen and oxygen atoms in total. The van der Waals surface area contributed by atoms with E-state index in [2.05, 4.69) is 17.3 Å². The van der Waals surface area contributed by atoms with Crippen LogP contribution in [0.1, 0.15) is 39.0 Å². The number of amides is 1. The number of hydrogen-bond donors (Lipinski definition) is 1. The van der Waals surface area contributed by atoms with Crippen molar-refractivity contribution >= 4 is 5.91 Å². The van der Waals surface area contributed by atoms with E-state index in [0.717, 1.165) is 25.2 Å². The zero-order valence-electron chi connectivity index (χ0n) is 12.7. The summed E-state index contributed by atoms with van der Waals surface area (Å²) in [6, 6.07) is -0.162. The zero-order valence-corrected chi connectivity index (χ0v) is 12.7. The summed E-state index contributed by atoms with van der Waals surface area (Å²) >= 11 is 0. The normalized spacial score (nSPS) is 12.5. The SMILES string of the molecule is CCc1nn(C)cc1CNC(C)C(=O)N(CC)CC. The summed E-state index contributed by atoms with van der Waals surface area (Å²) in [5.74, 6) is 0.159. The Morgan fingerprint density at radius 2 is 2.05 bits per heavy atom. The van der Waals surface area contributed by atoms with Gasteiger partial charge in [-0.2, -0.15) is 5.10 Å². The predicted octanol–water partition coefficient (Wildman–Crippen LogP) is 1.33. The van der Waals surface area contributed by atoms with Gasteiger partial charge in [-0.1, -0.05) is 6.92 Å². The Kier molecular flexibility index (Phi) is 6.02. The topological polar surface area (TPSA) is 50.2 Å². The van der Waals surface area contributed by atoms with Gasteiger partial charge in [0, 0.05) is 38.4 Å². The number of carbonyl (C=O) groups is 1. The highest BCUT2D eigenvalue weighted by atomic mass is 16.2. The van der Waals surface area contributed by atoms with Crippen LogP contribution in [-0.4, -0.2) is 39.7 Å². The fourth-order valence-electron chi connectivity index (χ4n) is 2.19. The van der Waals surface area contributed by atoms with Crippen molar-refractivity contribution in [1.29, 1.82) is 0 Å². The second-order valence-corrected chi connectivity index (χ2v) is 4.74. The Hall–Kier alpha value is -1.36. The van der Waals surface area contributed by atoms with Gasteiger partial charge >= 0.3 is 0 Å². The molecule has 1 atom stereocenters. The lowest BCUT2D eigenvalue weighted by molar-refractivity contribution is -0.132. The number of hydrogen-bond acceptors (Lipinski definition) is 3. The molecule has 0 aliphatic rings. The summed E-state index contributed by atoms with van der Waals surface area (Å²) in [5.41, 5.74) is 2.27. The van der Waals surface area contributed by atoms with E-state index in [1.165, 1.54) is 5.56 Å². The molecule has 1 amide bonds. The molecule has 108 valence electrons. The average Bonchev–Trinajstić information content (AvgIpc) is 2.77. The number of carbonyl (C=O) groups excluding carboxylic acids is 1. The summed E-state index contributed by atoms with van der Waals surface area (Å²) in [6.07, 6.45) is 2.93. The van der Waals surface area contributed by atoms with Gasteiger partial charge in [-0.3, -0.25) is 9.48 Å². The molecule has 0 saturated carbocycles. The van der Waals surface area contributed by atoms with Gasteiger partial charge in [0.1, 0.15) is 0 Å². The van der Waals surface area contributed by atoms with Gasteiger partial charge in [0.2, 0.25) is 5.91 Å². The van der Waals surface area contributed by atoms with Crippen molar-refractivity contribution in [3.8, 4) is 0 Å². The van der Waals surface area contributed by atoms with Crippen LogP contribution in [0.15, 0.2) is 6.20 Å². The predicted molar refractivity (Wildman–Crippen MR) is 76.8 cm³/mol. The molecule has 0 spiro atoms. The van der Waals surface area contributed by atoms with Gasteiger partial charge in [-0.25, -0.2) is 0 Å². The maximum atomic E-state index is 12.1. The summed E-state index contributed by atoms with van der Waals surface area (Å²) in [4.78, 5) is 14.0. The van der Waals surface area contributed by atoms with Crippen LogP contribution in [0, 0.1) is 0 Å². The van der Waals surface area contributed by atoms with Crippen molar-refractivity contribution < 1.29 is 4.79 Å². The Labute approximate surface area is 116 Å². The lowest BCUT2D eigenvalue weighted by Gasteiger charge is -2.23. The summed E-state index contributed by atoms with van der Waals surface area (Å²) in [7, 11) is 1.92. The number of nitrogens with zero attached hydrogens (tertiary/aromatic N) is 3. The summed E-state index contributed by atoms with van der Waals surface area (Å²) in [6.45, 7) is 10.2. The maximum Gasteiger partial charge on any atom is 0.239 e. The van der Waals surface area contributed by atoms with E-state index in [4.69, 9.17) is 0 Å². The molecule has 0 fully saturated rings. The van der Waals surface area contributed by atoms with Gasteiger partial charge in [0.05, 0.1) is 11.7 Å². The lowest BCUT2D eigenvalue weighted by Crippen LogP contribution is -2.44. The molecule has 1 N–H and O–H groups in total. The molecule has 0 aromatic carbocycles. The second kappa shape index (κ2) is 7.28.